The molecule has 3 aromatic carbocycles. The molecule has 0 unspecified atom stereocenters. The number of halogens is 2. The molecule has 0 radical (unpaired) electrons. The number of amides is 3. The van der Waals surface area contributed by atoms with E-state index in [1.54, 1.807) is 12.1 Å². The van der Waals surface area contributed by atoms with Crippen molar-refractivity contribution in [2.45, 2.75) is 0 Å². The summed E-state index contributed by atoms with van der Waals surface area (Å²) in [6, 6.07) is 10.8. The highest BCUT2D eigenvalue weighted by atomic mass is 35.5. The van der Waals surface area contributed by atoms with Crippen molar-refractivity contribution < 1.29 is 33.6 Å². The van der Waals surface area contributed by atoms with Crippen molar-refractivity contribution >= 4 is 62.3 Å². The Balaban J connectivity index is 2.18. The zero-order chi connectivity index (χ0) is 29.2. The molecule has 3 amide bonds. The van der Waals surface area contributed by atoms with Crippen LogP contribution in [0, 0.1) is 0 Å². The van der Waals surface area contributed by atoms with Gasteiger partial charge in [0, 0.05) is 51.9 Å². The first-order chi connectivity index (χ1) is 18.1. The monoisotopic (exact) mass is 591 g/mol. The topological polar surface area (TPSA) is 153 Å². The summed E-state index contributed by atoms with van der Waals surface area (Å²) >= 11 is 12.3. The minimum Gasteiger partial charge on any atom is -0.507 e. The number of benzene rings is 3. The third-order valence-electron chi connectivity index (χ3n) is 5.29. The number of phenolic OH excluding ortho intramolecular Hbond substituents is 1. The summed E-state index contributed by atoms with van der Waals surface area (Å²) in [5.74, 6) is -4.69. The van der Waals surface area contributed by atoms with Gasteiger partial charge in [-0.15, -0.1) is 0 Å². The van der Waals surface area contributed by atoms with Crippen LogP contribution in [-0.4, -0.2) is 69.6 Å². The Morgan fingerprint density at radius 2 is 1.56 bits per heavy atom. The van der Waals surface area contributed by atoms with Gasteiger partial charge in [0.2, 0.25) is 0 Å². The van der Waals surface area contributed by atoms with Crippen molar-refractivity contribution in [3.05, 3.63) is 80.8 Å². The van der Waals surface area contributed by atoms with Gasteiger partial charge in [0.25, 0.3) is 17.7 Å². The van der Waals surface area contributed by atoms with Crippen molar-refractivity contribution in [2.24, 2.45) is 4.36 Å². The summed E-state index contributed by atoms with van der Waals surface area (Å²) in [5.41, 5.74) is -0.507. The smallest absolute Gasteiger partial charge is 0.337 e. The van der Waals surface area contributed by atoms with E-state index in [0.717, 1.165) is 17.0 Å². The summed E-state index contributed by atoms with van der Waals surface area (Å²) < 4.78 is 15.6. The molecular formula is C26H23Cl2N3O7S. The highest BCUT2D eigenvalue weighted by Gasteiger charge is 2.25. The molecule has 0 aromatic heterocycles. The number of rotatable bonds is 6. The van der Waals surface area contributed by atoms with Crippen LogP contribution in [0.4, 0.5) is 5.69 Å². The number of hydrogen-bond acceptors (Lipinski definition) is 6. The number of anilines is 1. The molecule has 0 heterocycles. The SMILES string of the molecule is CN(C)C(=O)c1cc(O)c(C(=O)N=S(C)(C)=O)cc1C(=O)Nc1cc(-c2ccc(Cl)cc2Cl)ccc1C(=O)O. The van der Waals surface area contributed by atoms with Crippen LogP contribution in [0.25, 0.3) is 11.1 Å². The van der Waals surface area contributed by atoms with E-state index in [1.165, 1.54) is 50.9 Å². The standard InChI is InChI=1S/C26H23Cl2N3O7S/c1-31(2)25(35)18-12-22(32)19(24(34)30-39(3,4)38)11-17(18)23(33)29-21-9-13(5-7-16(21)26(36)37)15-8-6-14(27)10-20(15)28/h5-12,32H,1-4H3,(H,29,33)(H,36,37). The Kier molecular flexibility index (Phi) is 8.69. The highest BCUT2D eigenvalue weighted by Crippen LogP contribution is 2.33. The lowest BCUT2D eigenvalue weighted by Gasteiger charge is -2.17. The summed E-state index contributed by atoms with van der Waals surface area (Å²) in [7, 11) is -0.0734. The number of carboxylic acids is 1. The lowest BCUT2D eigenvalue weighted by molar-refractivity contribution is 0.0697. The van der Waals surface area contributed by atoms with E-state index >= 15 is 0 Å². The van der Waals surface area contributed by atoms with Gasteiger partial charge in [-0.3, -0.25) is 14.4 Å². The van der Waals surface area contributed by atoms with E-state index in [2.05, 4.69) is 9.68 Å². The van der Waals surface area contributed by atoms with Crippen molar-refractivity contribution in [1.29, 1.82) is 0 Å². The van der Waals surface area contributed by atoms with Gasteiger partial charge < -0.3 is 20.4 Å². The van der Waals surface area contributed by atoms with E-state index in [-0.39, 0.29) is 27.4 Å². The molecule has 3 aromatic rings. The van der Waals surface area contributed by atoms with E-state index < -0.39 is 44.7 Å². The molecule has 3 rings (SSSR count). The summed E-state index contributed by atoms with van der Waals surface area (Å²) in [6.07, 6.45) is 2.43. The zero-order valence-corrected chi connectivity index (χ0v) is 23.4. The number of phenols is 1. The average Bonchev–Trinajstić information content (AvgIpc) is 2.81. The normalized spacial score (nSPS) is 11.0. The van der Waals surface area contributed by atoms with Gasteiger partial charge in [-0.05, 0) is 42.0 Å². The second-order valence-corrected chi connectivity index (χ2v) is 12.2. The van der Waals surface area contributed by atoms with Gasteiger partial charge in [-0.2, -0.15) is 4.36 Å². The predicted molar refractivity (Wildman–Crippen MR) is 150 cm³/mol. The number of carboxylic acid groups (broad SMARTS) is 1. The van der Waals surface area contributed by atoms with Crippen LogP contribution in [0.15, 0.2) is 52.9 Å². The average molecular weight is 592 g/mol. The maximum atomic E-state index is 13.5. The predicted octanol–water partition coefficient (Wildman–Crippen LogP) is 4.89. The van der Waals surface area contributed by atoms with E-state index in [4.69, 9.17) is 23.2 Å². The highest BCUT2D eigenvalue weighted by molar-refractivity contribution is 7.92. The van der Waals surface area contributed by atoms with Gasteiger partial charge in [-0.25, -0.2) is 9.00 Å². The number of aromatic hydroxyl groups is 1. The van der Waals surface area contributed by atoms with Crippen LogP contribution in [0.5, 0.6) is 5.75 Å². The molecule has 0 atom stereocenters. The lowest BCUT2D eigenvalue weighted by Crippen LogP contribution is -2.26. The summed E-state index contributed by atoms with van der Waals surface area (Å²) in [4.78, 5) is 51.9. The molecule has 0 aliphatic carbocycles. The fraction of sp³-hybridized carbons (Fsp3) is 0.154. The molecule has 3 N–H and O–H groups in total. The molecule has 13 heteroatoms. The van der Waals surface area contributed by atoms with Crippen molar-refractivity contribution in [3.8, 4) is 16.9 Å². The number of aromatic carboxylic acids is 1. The largest absolute Gasteiger partial charge is 0.507 e. The molecule has 0 bridgehead atoms. The quantitative estimate of drug-likeness (QED) is 0.369. The fourth-order valence-corrected chi connectivity index (χ4v) is 4.54. The van der Waals surface area contributed by atoms with Crippen molar-refractivity contribution in [3.63, 3.8) is 0 Å². The first kappa shape index (κ1) is 29.6. The molecule has 0 spiro atoms. The molecule has 0 aliphatic rings. The van der Waals surface area contributed by atoms with Gasteiger partial charge in [0.15, 0.2) is 0 Å². The number of hydrogen-bond donors (Lipinski definition) is 3. The minimum absolute atomic E-state index is 0.130. The van der Waals surface area contributed by atoms with E-state index in [9.17, 15) is 33.6 Å². The summed E-state index contributed by atoms with van der Waals surface area (Å²) in [5, 5.41) is 23.3. The molecule has 0 aliphatic heterocycles. The number of nitrogens with one attached hydrogen (secondary N) is 1. The molecule has 10 nitrogen and oxygen atoms in total. The fourth-order valence-electron chi connectivity index (χ4n) is 3.53. The molecule has 0 fully saturated rings. The Bertz CT molecular complexity index is 1650. The van der Waals surface area contributed by atoms with Crippen molar-refractivity contribution in [2.75, 3.05) is 31.9 Å². The van der Waals surface area contributed by atoms with Crippen LogP contribution in [0.1, 0.15) is 41.4 Å². The zero-order valence-electron chi connectivity index (χ0n) is 21.1. The lowest BCUT2D eigenvalue weighted by atomic mass is 9.99. The van der Waals surface area contributed by atoms with Crippen molar-refractivity contribution in [1.82, 2.24) is 4.90 Å². The van der Waals surface area contributed by atoms with Gasteiger partial charge in [-0.1, -0.05) is 35.3 Å². The first-order valence-corrected chi connectivity index (χ1v) is 14.1. The first-order valence-electron chi connectivity index (χ1n) is 11.0. The van der Waals surface area contributed by atoms with Gasteiger partial charge in [0.1, 0.15) is 5.75 Å². The van der Waals surface area contributed by atoms with Crippen LogP contribution in [-0.2, 0) is 9.73 Å². The maximum Gasteiger partial charge on any atom is 0.337 e. The number of carbonyl (C=O) groups is 4. The summed E-state index contributed by atoms with van der Waals surface area (Å²) in [6.45, 7) is 0. The van der Waals surface area contributed by atoms with Gasteiger partial charge in [0.05, 0.1) is 27.9 Å². The Morgan fingerprint density at radius 3 is 2.13 bits per heavy atom. The van der Waals surface area contributed by atoms with Crippen LogP contribution in [0.2, 0.25) is 10.0 Å². The second-order valence-electron chi connectivity index (χ2n) is 8.84. The minimum atomic E-state index is -2.91. The molecule has 39 heavy (non-hydrogen) atoms. The molecule has 0 saturated carbocycles. The van der Waals surface area contributed by atoms with Crippen LogP contribution >= 0.6 is 23.2 Å². The maximum absolute atomic E-state index is 13.5. The Morgan fingerprint density at radius 1 is 0.897 bits per heavy atom. The van der Waals surface area contributed by atoms with E-state index in [0.29, 0.717) is 16.1 Å². The third-order valence-corrected chi connectivity index (χ3v) is 6.44. The van der Waals surface area contributed by atoms with Crippen LogP contribution < -0.4 is 5.32 Å². The molecule has 204 valence electrons. The Hall–Kier alpha value is -3.93. The second kappa shape index (κ2) is 11.4. The van der Waals surface area contributed by atoms with E-state index in [1.807, 2.05) is 0 Å². The third kappa shape index (κ3) is 6.94. The van der Waals surface area contributed by atoms with Gasteiger partial charge >= 0.3 is 5.97 Å². The molecule has 0 saturated heterocycles. The number of nitrogens with zero attached hydrogens (tertiary/aromatic N) is 2. The molecular weight excluding hydrogens is 569 g/mol. The number of carbonyl (C=O) groups excluding carboxylic acids is 3. The Labute approximate surface area is 234 Å². The van der Waals surface area contributed by atoms with Crippen LogP contribution in [0.3, 0.4) is 0 Å².